The second kappa shape index (κ2) is 11.7. The highest BCUT2D eigenvalue weighted by Crippen LogP contribution is 2.40. The molecule has 40 heavy (non-hydrogen) atoms. The van der Waals surface area contributed by atoms with E-state index in [1.165, 1.54) is 11.8 Å². The van der Waals surface area contributed by atoms with Crippen LogP contribution in [-0.2, 0) is 10.5 Å². The van der Waals surface area contributed by atoms with Gasteiger partial charge in [-0.3, -0.25) is 4.79 Å². The maximum absolute atomic E-state index is 13.9. The van der Waals surface area contributed by atoms with Gasteiger partial charge in [-0.05, 0) is 61.7 Å². The van der Waals surface area contributed by atoms with Crippen LogP contribution in [0.2, 0.25) is 5.02 Å². The summed E-state index contributed by atoms with van der Waals surface area (Å²) in [4.78, 5) is 18.6. The van der Waals surface area contributed by atoms with Crippen molar-refractivity contribution in [2.75, 3.05) is 24.9 Å². The van der Waals surface area contributed by atoms with E-state index in [9.17, 15) is 4.79 Å². The minimum atomic E-state index is -0.566. The third-order valence-electron chi connectivity index (χ3n) is 6.75. The Morgan fingerprint density at radius 1 is 1.05 bits per heavy atom. The first kappa shape index (κ1) is 27.6. The summed E-state index contributed by atoms with van der Waals surface area (Å²) in [6.45, 7) is 5.88. The second-order valence-electron chi connectivity index (χ2n) is 9.50. The average molecular weight is 576 g/mol. The van der Waals surface area contributed by atoms with Gasteiger partial charge in [0.2, 0.25) is 11.1 Å². The first-order chi connectivity index (χ1) is 19.3. The summed E-state index contributed by atoms with van der Waals surface area (Å²) in [7, 11) is 3.18. The highest BCUT2D eigenvalue weighted by atomic mass is 35.5. The Hall–Kier alpha value is -3.95. The molecule has 5 rings (SSSR count). The largest absolute Gasteiger partial charge is 0.493 e. The van der Waals surface area contributed by atoms with Gasteiger partial charge >= 0.3 is 0 Å². The van der Waals surface area contributed by atoms with Gasteiger partial charge in [0, 0.05) is 22.2 Å². The number of aromatic nitrogens is 3. The van der Waals surface area contributed by atoms with Crippen molar-refractivity contribution in [1.29, 1.82) is 0 Å². The molecule has 1 atom stereocenters. The number of nitrogens with one attached hydrogen (secondary N) is 2. The molecule has 0 aliphatic carbocycles. The minimum absolute atomic E-state index is 0.233. The van der Waals surface area contributed by atoms with Gasteiger partial charge in [0.15, 0.2) is 11.5 Å². The number of rotatable bonds is 8. The molecular formula is C30H30ClN5O3S. The third kappa shape index (κ3) is 5.52. The molecular weight excluding hydrogens is 546 g/mol. The van der Waals surface area contributed by atoms with Crippen molar-refractivity contribution in [3.8, 4) is 11.5 Å². The van der Waals surface area contributed by atoms with E-state index in [4.69, 9.17) is 31.2 Å². The molecule has 8 nitrogen and oxygen atoms in total. The quantitative estimate of drug-likeness (QED) is 0.224. The molecule has 0 saturated carbocycles. The van der Waals surface area contributed by atoms with Crippen LogP contribution in [-0.4, -0.2) is 34.9 Å². The Kier molecular flexibility index (Phi) is 8.04. The van der Waals surface area contributed by atoms with Gasteiger partial charge < -0.3 is 20.1 Å². The lowest BCUT2D eigenvalue weighted by atomic mass is 9.94. The van der Waals surface area contributed by atoms with Crippen molar-refractivity contribution >= 4 is 40.9 Å². The van der Waals surface area contributed by atoms with Crippen molar-refractivity contribution in [2.24, 2.45) is 0 Å². The zero-order valence-corrected chi connectivity index (χ0v) is 24.5. The summed E-state index contributed by atoms with van der Waals surface area (Å²) >= 11 is 7.84. The summed E-state index contributed by atoms with van der Waals surface area (Å²) in [6, 6.07) is 18.7. The fraction of sp³-hybridized carbons (Fsp3) is 0.233. The molecule has 1 aromatic heterocycles. The number of thioether (sulfide) groups is 1. The standard InChI is InChI=1S/C30H30ClN5O3S/c1-17-10-12-23(18(2)14-17)33-28(37)26-19(3)32-29-34-30(40-16-21-8-6-7-9-22(21)31)35-36(29)27(26)20-11-13-24(38-4)25(15-20)39-5/h6-15,27H,16H2,1-5H3,(H,33,37)(H,32,34,35). The van der Waals surface area contributed by atoms with Gasteiger partial charge in [-0.1, -0.05) is 65.3 Å². The lowest BCUT2D eigenvalue weighted by molar-refractivity contribution is -0.113. The Morgan fingerprint density at radius 2 is 1.82 bits per heavy atom. The Balaban J connectivity index is 1.54. The number of ether oxygens (including phenoxy) is 2. The molecule has 1 amide bonds. The molecule has 10 heteroatoms. The molecule has 0 fully saturated rings. The first-order valence-electron chi connectivity index (χ1n) is 12.7. The second-order valence-corrected chi connectivity index (χ2v) is 10.8. The third-order valence-corrected chi connectivity index (χ3v) is 8.00. The number of anilines is 2. The van der Waals surface area contributed by atoms with Crippen molar-refractivity contribution in [1.82, 2.24) is 14.8 Å². The maximum Gasteiger partial charge on any atom is 0.255 e. The summed E-state index contributed by atoms with van der Waals surface area (Å²) < 4.78 is 12.8. The zero-order chi connectivity index (χ0) is 28.4. The number of methoxy groups -OCH3 is 2. The molecule has 1 unspecified atom stereocenters. The molecule has 1 aliphatic heterocycles. The number of hydrogen-bond donors (Lipinski definition) is 2. The normalized spacial score (nSPS) is 14.4. The van der Waals surface area contributed by atoms with Crippen LogP contribution in [0.5, 0.6) is 11.5 Å². The van der Waals surface area contributed by atoms with E-state index < -0.39 is 6.04 Å². The number of carbonyl (C=O) groups excluding carboxylic acids is 1. The number of amides is 1. The Morgan fingerprint density at radius 3 is 2.55 bits per heavy atom. The summed E-state index contributed by atoms with van der Waals surface area (Å²) in [5, 5.41) is 12.5. The Labute approximate surface area is 242 Å². The monoisotopic (exact) mass is 575 g/mol. The van der Waals surface area contributed by atoms with Gasteiger partial charge in [-0.15, -0.1) is 5.10 Å². The van der Waals surface area contributed by atoms with E-state index >= 15 is 0 Å². The fourth-order valence-electron chi connectivity index (χ4n) is 4.72. The highest BCUT2D eigenvalue weighted by molar-refractivity contribution is 7.98. The van der Waals surface area contributed by atoms with Crippen LogP contribution in [0, 0.1) is 13.8 Å². The minimum Gasteiger partial charge on any atom is -0.493 e. The molecule has 2 heterocycles. The molecule has 0 radical (unpaired) electrons. The molecule has 1 aliphatic rings. The van der Waals surface area contributed by atoms with Crippen molar-refractivity contribution in [2.45, 2.75) is 37.7 Å². The molecule has 3 aromatic carbocycles. The number of hydrogen-bond acceptors (Lipinski definition) is 7. The van der Waals surface area contributed by atoms with Crippen LogP contribution in [0.25, 0.3) is 0 Å². The van der Waals surface area contributed by atoms with E-state index in [0.717, 1.165) is 27.9 Å². The number of carbonyl (C=O) groups is 1. The Bertz CT molecular complexity index is 1620. The number of nitrogens with zero attached hydrogens (tertiary/aromatic N) is 3. The molecule has 206 valence electrons. The van der Waals surface area contributed by atoms with Gasteiger partial charge in [0.1, 0.15) is 6.04 Å². The molecule has 4 aromatic rings. The predicted octanol–water partition coefficient (Wildman–Crippen LogP) is 6.79. The molecule has 2 N–H and O–H groups in total. The van der Waals surface area contributed by atoms with Crippen LogP contribution in [0.4, 0.5) is 11.6 Å². The van der Waals surface area contributed by atoms with E-state index in [2.05, 4.69) is 10.6 Å². The highest BCUT2D eigenvalue weighted by Gasteiger charge is 2.35. The van der Waals surface area contributed by atoms with Gasteiger partial charge in [-0.25, -0.2) is 4.68 Å². The van der Waals surface area contributed by atoms with Crippen LogP contribution in [0.1, 0.15) is 35.2 Å². The van der Waals surface area contributed by atoms with Crippen molar-refractivity contribution < 1.29 is 14.3 Å². The first-order valence-corrected chi connectivity index (χ1v) is 14.1. The van der Waals surface area contributed by atoms with Gasteiger partial charge in [0.25, 0.3) is 5.91 Å². The SMILES string of the molecule is COc1ccc(C2C(C(=O)Nc3ccc(C)cc3C)=C(C)Nc3nc(SCc4ccccc4Cl)nn32)cc1OC. The summed E-state index contributed by atoms with van der Waals surface area (Å²) in [5.74, 6) is 2.07. The average Bonchev–Trinajstić information content (AvgIpc) is 3.35. The fourth-order valence-corrected chi connectivity index (χ4v) is 5.83. The van der Waals surface area contributed by atoms with Gasteiger partial charge in [0.05, 0.1) is 19.8 Å². The summed E-state index contributed by atoms with van der Waals surface area (Å²) in [5.41, 5.74) is 5.87. The number of benzene rings is 3. The van der Waals surface area contributed by atoms with Crippen LogP contribution < -0.4 is 20.1 Å². The van der Waals surface area contributed by atoms with Crippen LogP contribution in [0.3, 0.4) is 0 Å². The number of fused-ring (bicyclic) bond motifs is 1. The van der Waals surface area contributed by atoms with E-state index in [0.29, 0.717) is 44.6 Å². The lowest BCUT2D eigenvalue weighted by Crippen LogP contribution is -2.31. The van der Waals surface area contributed by atoms with Crippen LogP contribution in [0.15, 0.2) is 77.1 Å². The van der Waals surface area contributed by atoms with Crippen molar-refractivity contribution in [3.63, 3.8) is 0 Å². The molecule has 0 bridgehead atoms. The van der Waals surface area contributed by atoms with Gasteiger partial charge in [-0.2, -0.15) is 4.98 Å². The lowest BCUT2D eigenvalue weighted by Gasteiger charge is -2.29. The zero-order valence-electron chi connectivity index (χ0n) is 22.9. The van der Waals surface area contributed by atoms with E-state index in [1.54, 1.807) is 18.9 Å². The number of allylic oxidation sites excluding steroid dienone is 1. The van der Waals surface area contributed by atoms with Crippen molar-refractivity contribution in [3.05, 3.63) is 99.2 Å². The molecule has 0 saturated heterocycles. The van der Waals surface area contributed by atoms with E-state index in [1.807, 2.05) is 81.4 Å². The maximum atomic E-state index is 13.9. The number of aryl methyl sites for hydroxylation is 2. The topological polar surface area (TPSA) is 90.3 Å². The predicted molar refractivity (Wildman–Crippen MR) is 160 cm³/mol. The smallest absolute Gasteiger partial charge is 0.255 e. The van der Waals surface area contributed by atoms with E-state index in [-0.39, 0.29) is 5.91 Å². The van der Waals surface area contributed by atoms with Crippen LogP contribution >= 0.6 is 23.4 Å². The summed E-state index contributed by atoms with van der Waals surface area (Å²) in [6.07, 6.45) is 0. The molecule has 0 spiro atoms. The number of halogens is 1.